The van der Waals surface area contributed by atoms with Crippen molar-refractivity contribution in [2.75, 3.05) is 0 Å². The average molecular weight is 359 g/mol. The van der Waals surface area contributed by atoms with Crippen LogP contribution in [0.5, 0.6) is 5.75 Å². The summed E-state index contributed by atoms with van der Waals surface area (Å²) in [6, 6.07) is 9.46. The Bertz CT molecular complexity index is 1070. The number of imidazole rings is 1. The Labute approximate surface area is 145 Å². The molecule has 0 aliphatic rings. The van der Waals surface area contributed by atoms with Crippen LogP contribution < -0.4 is 4.74 Å². The van der Waals surface area contributed by atoms with Gasteiger partial charge in [0.15, 0.2) is 5.65 Å². The van der Waals surface area contributed by atoms with Crippen LogP contribution in [0.4, 0.5) is 13.2 Å². The van der Waals surface area contributed by atoms with E-state index in [1.54, 1.807) is 36.3 Å². The lowest BCUT2D eigenvalue weighted by atomic mass is 10.2. The highest BCUT2D eigenvalue weighted by atomic mass is 19.4. The molecule has 1 N–H and O–H groups in total. The second kappa shape index (κ2) is 5.87. The number of ether oxygens (including phenoxy) is 1. The largest absolute Gasteiger partial charge is 0.573 e. The van der Waals surface area contributed by atoms with E-state index in [0.29, 0.717) is 16.9 Å². The number of aryl methyl sites for hydroxylation is 1. The van der Waals surface area contributed by atoms with Crippen molar-refractivity contribution in [3.63, 3.8) is 0 Å². The molecule has 6 nitrogen and oxygen atoms in total. The van der Waals surface area contributed by atoms with Gasteiger partial charge in [-0.05, 0) is 24.3 Å². The summed E-state index contributed by atoms with van der Waals surface area (Å²) in [5.74, 6) is -0.0621. The summed E-state index contributed by atoms with van der Waals surface area (Å²) in [5.41, 5.74) is 2.72. The highest BCUT2D eigenvalue weighted by Crippen LogP contribution is 2.34. The molecule has 3 heterocycles. The number of H-pyrrole nitrogens is 1. The van der Waals surface area contributed by atoms with E-state index in [9.17, 15) is 13.2 Å². The molecule has 0 radical (unpaired) electrons. The van der Waals surface area contributed by atoms with Crippen LogP contribution >= 0.6 is 0 Å². The van der Waals surface area contributed by atoms with E-state index in [1.807, 2.05) is 6.07 Å². The molecule has 9 heteroatoms. The summed E-state index contributed by atoms with van der Waals surface area (Å²) in [6.45, 7) is 0. The number of aromatic nitrogens is 5. The minimum atomic E-state index is -4.79. The number of hydrogen-bond donors (Lipinski definition) is 1. The normalized spacial score (nSPS) is 11.8. The fraction of sp³-hybridized carbons (Fsp3) is 0.118. The molecule has 0 aliphatic carbocycles. The van der Waals surface area contributed by atoms with Crippen LogP contribution in [0.25, 0.3) is 33.8 Å². The topological polar surface area (TPSA) is 68.6 Å². The number of nitrogens with one attached hydrogen (secondary N) is 1. The van der Waals surface area contributed by atoms with Gasteiger partial charge < -0.3 is 9.72 Å². The number of nitrogens with zero attached hydrogens (tertiary/aromatic N) is 4. The Morgan fingerprint density at radius 3 is 2.65 bits per heavy atom. The van der Waals surface area contributed by atoms with E-state index >= 15 is 0 Å². The molecule has 0 saturated heterocycles. The van der Waals surface area contributed by atoms with Gasteiger partial charge in [0.2, 0.25) is 0 Å². The predicted molar refractivity (Wildman–Crippen MR) is 88.2 cm³/mol. The minimum Gasteiger partial charge on any atom is -0.405 e. The quantitative estimate of drug-likeness (QED) is 0.602. The van der Waals surface area contributed by atoms with Crippen LogP contribution in [-0.2, 0) is 7.05 Å². The van der Waals surface area contributed by atoms with Crippen molar-refractivity contribution in [2.24, 2.45) is 7.05 Å². The van der Waals surface area contributed by atoms with E-state index in [-0.39, 0.29) is 17.1 Å². The van der Waals surface area contributed by atoms with Crippen LogP contribution in [0.15, 0.2) is 48.8 Å². The van der Waals surface area contributed by atoms with Crippen LogP contribution in [0, 0.1) is 0 Å². The molecule has 26 heavy (non-hydrogen) atoms. The lowest BCUT2D eigenvalue weighted by molar-refractivity contribution is -0.274. The Hall–Kier alpha value is -3.36. The van der Waals surface area contributed by atoms with Gasteiger partial charge in [-0.15, -0.1) is 13.2 Å². The maximum absolute atomic E-state index is 12.7. The van der Waals surface area contributed by atoms with Crippen molar-refractivity contribution < 1.29 is 17.9 Å². The molecule has 0 unspecified atom stereocenters. The number of fused-ring (bicyclic) bond motifs is 1. The summed E-state index contributed by atoms with van der Waals surface area (Å²) in [7, 11) is 1.71. The minimum absolute atomic E-state index is 0.207. The lowest BCUT2D eigenvalue weighted by Gasteiger charge is -2.11. The molecule has 0 bridgehead atoms. The predicted octanol–water partition coefficient (Wildman–Crippen LogP) is 3.92. The van der Waals surface area contributed by atoms with Gasteiger partial charge in [0.1, 0.15) is 22.8 Å². The van der Waals surface area contributed by atoms with Crippen molar-refractivity contribution in [3.05, 3.63) is 48.8 Å². The van der Waals surface area contributed by atoms with E-state index in [2.05, 4.69) is 24.8 Å². The number of alkyl halides is 3. The third-order valence-corrected chi connectivity index (χ3v) is 3.78. The van der Waals surface area contributed by atoms with Gasteiger partial charge in [-0.25, -0.2) is 9.67 Å². The van der Waals surface area contributed by atoms with Crippen molar-refractivity contribution in [2.45, 2.75) is 6.36 Å². The first-order chi connectivity index (χ1) is 12.4. The van der Waals surface area contributed by atoms with E-state index in [1.165, 1.54) is 18.2 Å². The van der Waals surface area contributed by atoms with Gasteiger partial charge in [-0.1, -0.05) is 12.1 Å². The molecule has 3 aromatic heterocycles. The van der Waals surface area contributed by atoms with Gasteiger partial charge in [0.25, 0.3) is 0 Å². The zero-order chi connectivity index (χ0) is 18.3. The van der Waals surface area contributed by atoms with Crippen LogP contribution in [-0.4, -0.2) is 31.1 Å². The SMILES string of the molecule is Cn1nc(-c2cccnc2)c2[nH]c(-c3ccccc3OC(F)(F)F)nc21. The Morgan fingerprint density at radius 1 is 1.12 bits per heavy atom. The highest BCUT2D eigenvalue weighted by Gasteiger charge is 2.32. The van der Waals surface area contributed by atoms with Gasteiger partial charge in [0, 0.05) is 25.0 Å². The van der Waals surface area contributed by atoms with Gasteiger partial charge >= 0.3 is 6.36 Å². The molecule has 0 saturated carbocycles. The average Bonchev–Trinajstić information content (AvgIpc) is 3.16. The summed E-state index contributed by atoms with van der Waals surface area (Å²) in [4.78, 5) is 11.5. The first-order valence-corrected chi connectivity index (χ1v) is 7.60. The Morgan fingerprint density at radius 2 is 1.92 bits per heavy atom. The summed E-state index contributed by atoms with van der Waals surface area (Å²) in [6.07, 6.45) is -1.49. The summed E-state index contributed by atoms with van der Waals surface area (Å²) < 4.78 is 43.6. The number of para-hydroxylation sites is 1. The molecule has 0 atom stereocenters. The van der Waals surface area contributed by atoms with Gasteiger partial charge in [0.05, 0.1) is 5.56 Å². The van der Waals surface area contributed by atoms with E-state index < -0.39 is 6.36 Å². The zero-order valence-electron chi connectivity index (χ0n) is 13.4. The maximum Gasteiger partial charge on any atom is 0.573 e. The number of pyridine rings is 1. The molecule has 0 amide bonds. The number of benzene rings is 1. The molecule has 4 rings (SSSR count). The number of rotatable bonds is 3. The third-order valence-electron chi connectivity index (χ3n) is 3.78. The fourth-order valence-corrected chi connectivity index (χ4v) is 2.72. The number of halogens is 3. The highest BCUT2D eigenvalue weighted by molar-refractivity contribution is 5.90. The second-order valence-electron chi connectivity index (χ2n) is 5.54. The van der Waals surface area contributed by atoms with Crippen LogP contribution in [0.1, 0.15) is 0 Å². The first-order valence-electron chi connectivity index (χ1n) is 7.60. The molecule has 0 aliphatic heterocycles. The molecule has 1 aromatic carbocycles. The van der Waals surface area contributed by atoms with Crippen LogP contribution in [0.3, 0.4) is 0 Å². The molecular weight excluding hydrogens is 347 g/mol. The third kappa shape index (κ3) is 2.87. The van der Waals surface area contributed by atoms with Crippen molar-refractivity contribution in [1.82, 2.24) is 24.7 Å². The molecule has 0 spiro atoms. The standard InChI is InChI=1S/C17H12F3N5O/c1-25-16-14(13(24-25)10-5-4-8-21-9-10)22-15(23-16)11-6-2-3-7-12(11)26-17(18,19)20/h2-9H,1H3,(H,22,23). The smallest absolute Gasteiger partial charge is 0.405 e. The van der Waals surface area contributed by atoms with Gasteiger partial charge in [-0.3, -0.25) is 4.98 Å². The lowest BCUT2D eigenvalue weighted by Crippen LogP contribution is -2.17. The number of hydrogen-bond acceptors (Lipinski definition) is 4. The van der Waals surface area contributed by atoms with E-state index in [4.69, 9.17) is 0 Å². The Kier molecular flexibility index (Phi) is 3.64. The second-order valence-corrected chi connectivity index (χ2v) is 5.54. The monoisotopic (exact) mass is 359 g/mol. The van der Waals surface area contributed by atoms with Crippen molar-refractivity contribution in [1.29, 1.82) is 0 Å². The summed E-state index contributed by atoms with van der Waals surface area (Å²) >= 11 is 0. The van der Waals surface area contributed by atoms with Crippen molar-refractivity contribution >= 4 is 11.2 Å². The fourth-order valence-electron chi connectivity index (χ4n) is 2.72. The molecule has 0 fully saturated rings. The zero-order valence-corrected chi connectivity index (χ0v) is 13.4. The van der Waals surface area contributed by atoms with Crippen LogP contribution in [0.2, 0.25) is 0 Å². The Balaban J connectivity index is 1.85. The molecular formula is C17H12F3N5O. The van der Waals surface area contributed by atoms with Crippen molar-refractivity contribution in [3.8, 4) is 28.4 Å². The summed E-state index contributed by atoms with van der Waals surface area (Å²) in [5, 5.41) is 4.41. The maximum atomic E-state index is 12.7. The first kappa shape index (κ1) is 16.1. The number of aromatic amines is 1. The molecule has 4 aromatic rings. The molecule has 132 valence electrons. The van der Waals surface area contributed by atoms with Gasteiger partial charge in [-0.2, -0.15) is 5.10 Å². The van der Waals surface area contributed by atoms with E-state index in [0.717, 1.165) is 5.56 Å².